The Labute approximate surface area is 124 Å². The van der Waals surface area contributed by atoms with Gasteiger partial charge in [0.05, 0.1) is 10.5 Å². The number of nitrogens with one attached hydrogen (secondary N) is 1. The number of nitrogens with two attached hydrogens (primary N) is 1. The van der Waals surface area contributed by atoms with E-state index in [1.165, 1.54) is 0 Å². The van der Waals surface area contributed by atoms with E-state index in [9.17, 15) is 14.9 Å². The standard InChI is InChI=1S/C14H22N4O3/c1-9(2)5-4-6-10(3)17-14(19)12-7-11(18(20)21)8-16-13(12)15/h7-10H,4-6H2,1-3H3,(H2,15,16)(H,17,19). The number of hydrogen-bond donors (Lipinski definition) is 2. The summed E-state index contributed by atoms with van der Waals surface area (Å²) in [6.07, 6.45) is 4.01. The van der Waals surface area contributed by atoms with Crippen molar-refractivity contribution in [3.05, 3.63) is 27.9 Å². The highest BCUT2D eigenvalue weighted by Crippen LogP contribution is 2.17. The Balaban J connectivity index is 2.66. The van der Waals surface area contributed by atoms with Gasteiger partial charge in [0, 0.05) is 12.1 Å². The Bertz CT molecular complexity index is 517. The van der Waals surface area contributed by atoms with Gasteiger partial charge in [0.1, 0.15) is 12.0 Å². The Hall–Kier alpha value is -2.18. The molecule has 116 valence electrons. The lowest BCUT2D eigenvalue weighted by atomic mass is 10.0. The molecule has 0 saturated carbocycles. The van der Waals surface area contributed by atoms with E-state index in [2.05, 4.69) is 24.1 Å². The second-order valence-corrected chi connectivity index (χ2v) is 5.58. The third-order valence-electron chi connectivity index (χ3n) is 3.16. The van der Waals surface area contributed by atoms with Crippen molar-refractivity contribution in [2.75, 3.05) is 5.73 Å². The lowest BCUT2D eigenvalue weighted by Gasteiger charge is -2.15. The molecule has 1 amide bonds. The van der Waals surface area contributed by atoms with Gasteiger partial charge in [-0.3, -0.25) is 14.9 Å². The summed E-state index contributed by atoms with van der Waals surface area (Å²) in [6.45, 7) is 6.20. The van der Waals surface area contributed by atoms with Gasteiger partial charge in [0.2, 0.25) is 0 Å². The molecule has 7 nitrogen and oxygen atoms in total. The summed E-state index contributed by atoms with van der Waals surface area (Å²) in [5.74, 6) is 0.192. The highest BCUT2D eigenvalue weighted by atomic mass is 16.6. The lowest BCUT2D eigenvalue weighted by molar-refractivity contribution is -0.385. The van der Waals surface area contributed by atoms with Crippen LogP contribution < -0.4 is 11.1 Å². The number of carbonyl (C=O) groups excluding carboxylic acids is 1. The average Bonchev–Trinajstić information content (AvgIpc) is 2.38. The first-order chi connectivity index (χ1) is 9.81. The molecule has 1 atom stereocenters. The first-order valence-electron chi connectivity index (χ1n) is 7.02. The van der Waals surface area contributed by atoms with Gasteiger partial charge in [-0.25, -0.2) is 4.98 Å². The maximum atomic E-state index is 12.1. The summed E-state index contributed by atoms with van der Waals surface area (Å²) in [6, 6.07) is 1.13. The predicted molar refractivity (Wildman–Crippen MR) is 80.9 cm³/mol. The van der Waals surface area contributed by atoms with E-state index in [1.807, 2.05) is 6.92 Å². The molecule has 0 aliphatic rings. The summed E-state index contributed by atoms with van der Waals surface area (Å²) in [4.78, 5) is 25.9. The second kappa shape index (κ2) is 7.56. The van der Waals surface area contributed by atoms with E-state index >= 15 is 0 Å². The predicted octanol–water partition coefficient (Wildman–Crippen LogP) is 2.52. The monoisotopic (exact) mass is 294 g/mol. The molecule has 1 rings (SSSR count). The molecule has 21 heavy (non-hydrogen) atoms. The number of aromatic nitrogens is 1. The highest BCUT2D eigenvalue weighted by Gasteiger charge is 2.18. The zero-order valence-electron chi connectivity index (χ0n) is 12.6. The molecule has 3 N–H and O–H groups in total. The molecule has 1 heterocycles. The molecule has 1 unspecified atom stereocenters. The number of nitrogen functional groups attached to an aromatic ring is 1. The highest BCUT2D eigenvalue weighted by molar-refractivity contribution is 5.99. The average molecular weight is 294 g/mol. The van der Waals surface area contributed by atoms with Crippen molar-refractivity contribution in [2.45, 2.75) is 46.1 Å². The van der Waals surface area contributed by atoms with Crippen molar-refractivity contribution in [3.63, 3.8) is 0 Å². The van der Waals surface area contributed by atoms with Crippen LogP contribution in [0.1, 0.15) is 50.4 Å². The van der Waals surface area contributed by atoms with Crippen molar-refractivity contribution in [2.24, 2.45) is 5.92 Å². The van der Waals surface area contributed by atoms with E-state index in [4.69, 9.17) is 5.73 Å². The third-order valence-corrected chi connectivity index (χ3v) is 3.16. The molecule has 0 fully saturated rings. The molecule has 0 spiro atoms. The molecule has 0 aliphatic carbocycles. The van der Waals surface area contributed by atoms with Crippen molar-refractivity contribution in [1.29, 1.82) is 0 Å². The Morgan fingerprint density at radius 3 is 2.67 bits per heavy atom. The molecule has 0 aromatic carbocycles. The summed E-state index contributed by atoms with van der Waals surface area (Å²) < 4.78 is 0. The number of hydrogen-bond acceptors (Lipinski definition) is 5. The summed E-state index contributed by atoms with van der Waals surface area (Å²) in [7, 11) is 0. The van der Waals surface area contributed by atoms with Crippen molar-refractivity contribution >= 4 is 17.4 Å². The van der Waals surface area contributed by atoms with Crippen LogP contribution in [-0.4, -0.2) is 21.9 Å². The maximum absolute atomic E-state index is 12.1. The number of anilines is 1. The fourth-order valence-electron chi connectivity index (χ4n) is 1.95. The third kappa shape index (κ3) is 5.37. The van der Waals surface area contributed by atoms with Crippen LogP contribution in [0.25, 0.3) is 0 Å². The summed E-state index contributed by atoms with van der Waals surface area (Å²) in [5.41, 5.74) is 5.40. The van der Waals surface area contributed by atoms with Crippen LogP contribution in [0, 0.1) is 16.0 Å². The molecule has 7 heteroatoms. The van der Waals surface area contributed by atoms with Crippen LogP contribution in [-0.2, 0) is 0 Å². The number of rotatable bonds is 7. The van der Waals surface area contributed by atoms with E-state index < -0.39 is 10.8 Å². The first kappa shape index (κ1) is 16.9. The topological polar surface area (TPSA) is 111 Å². The molecule has 0 aliphatic heterocycles. The van der Waals surface area contributed by atoms with Crippen molar-refractivity contribution in [1.82, 2.24) is 10.3 Å². The fourth-order valence-corrected chi connectivity index (χ4v) is 1.95. The van der Waals surface area contributed by atoms with Gasteiger partial charge >= 0.3 is 0 Å². The van der Waals surface area contributed by atoms with Gasteiger partial charge in [-0.15, -0.1) is 0 Å². The largest absolute Gasteiger partial charge is 0.383 e. The zero-order valence-corrected chi connectivity index (χ0v) is 12.6. The Morgan fingerprint density at radius 1 is 1.43 bits per heavy atom. The number of carbonyl (C=O) groups is 1. The van der Waals surface area contributed by atoms with Gasteiger partial charge in [-0.05, 0) is 19.3 Å². The Morgan fingerprint density at radius 2 is 2.10 bits per heavy atom. The molecule has 0 saturated heterocycles. The molecule has 1 aromatic heterocycles. The molecule has 0 radical (unpaired) electrons. The van der Waals surface area contributed by atoms with Crippen molar-refractivity contribution < 1.29 is 9.72 Å². The minimum absolute atomic E-state index is 0.00696. The van der Waals surface area contributed by atoms with Crippen LogP contribution in [0.4, 0.5) is 11.5 Å². The van der Waals surface area contributed by atoms with Gasteiger partial charge in [-0.2, -0.15) is 0 Å². The molecular formula is C14H22N4O3. The number of nitro groups is 1. The first-order valence-corrected chi connectivity index (χ1v) is 7.02. The van der Waals surface area contributed by atoms with Crippen LogP contribution in [0.5, 0.6) is 0 Å². The molecule has 0 bridgehead atoms. The van der Waals surface area contributed by atoms with Crippen LogP contribution in [0.3, 0.4) is 0 Å². The van der Waals surface area contributed by atoms with E-state index in [-0.39, 0.29) is 23.1 Å². The molecular weight excluding hydrogens is 272 g/mol. The minimum Gasteiger partial charge on any atom is -0.383 e. The molecule has 1 aromatic rings. The van der Waals surface area contributed by atoms with Crippen LogP contribution >= 0.6 is 0 Å². The van der Waals surface area contributed by atoms with Crippen LogP contribution in [0.15, 0.2) is 12.3 Å². The van der Waals surface area contributed by atoms with Gasteiger partial charge < -0.3 is 11.1 Å². The van der Waals surface area contributed by atoms with Gasteiger partial charge in [0.25, 0.3) is 11.6 Å². The van der Waals surface area contributed by atoms with E-state index in [0.29, 0.717) is 5.92 Å². The maximum Gasteiger partial charge on any atom is 0.288 e. The second-order valence-electron chi connectivity index (χ2n) is 5.58. The van der Waals surface area contributed by atoms with Crippen LogP contribution in [0.2, 0.25) is 0 Å². The van der Waals surface area contributed by atoms with E-state index in [0.717, 1.165) is 31.5 Å². The quantitative estimate of drug-likeness (QED) is 0.593. The summed E-state index contributed by atoms with van der Waals surface area (Å²) >= 11 is 0. The number of amides is 1. The van der Waals surface area contributed by atoms with E-state index in [1.54, 1.807) is 0 Å². The Kier molecular flexibility index (Phi) is 6.08. The van der Waals surface area contributed by atoms with Gasteiger partial charge in [-0.1, -0.05) is 26.7 Å². The van der Waals surface area contributed by atoms with Gasteiger partial charge in [0.15, 0.2) is 0 Å². The number of pyridine rings is 1. The number of nitrogens with zero attached hydrogens (tertiary/aromatic N) is 2. The SMILES string of the molecule is CC(C)CCCC(C)NC(=O)c1cc([N+](=O)[O-])cnc1N. The fraction of sp³-hybridized carbons (Fsp3) is 0.571. The normalized spacial score (nSPS) is 12.2. The zero-order chi connectivity index (χ0) is 16.0. The van der Waals surface area contributed by atoms with Crippen molar-refractivity contribution in [3.8, 4) is 0 Å². The minimum atomic E-state index is -0.602. The summed E-state index contributed by atoms with van der Waals surface area (Å²) in [5, 5.41) is 13.5. The lowest BCUT2D eigenvalue weighted by Crippen LogP contribution is -2.33. The smallest absolute Gasteiger partial charge is 0.288 e.